The topological polar surface area (TPSA) is 81.1 Å². The molecule has 5 rings (SSSR count). The van der Waals surface area contributed by atoms with Crippen LogP contribution < -0.4 is 15.4 Å². The normalized spacial score (nSPS) is 14.6. The Balaban J connectivity index is 1.47. The number of nitrogens with one attached hydrogen (secondary N) is 2. The highest BCUT2D eigenvalue weighted by Gasteiger charge is 2.34. The van der Waals surface area contributed by atoms with E-state index in [0.717, 1.165) is 27.2 Å². The first-order valence-corrected chi connectivity index (χ1v) is 13.9. The van der Waals surface area contributed by atoms with Crippen molar-refractivity contribution in [2.24, 2.45) is 0 Å². The average Bonchev–Trinajstić information content (AvgIpc) is 3.30. The molecule has 0 radical (unpaired) electrons. The number of fused-ring (bicyclic) bond motifs is 1. The van der Waals surface area contributed by atoms with Gasteiger partial charge in [0.1, 0.15) is 11.8 Å². The second kappa shape index (κ2) is 11.0. The summed E-state index contributed by atoms with van der Waals surface area (Å²) < 4.78 is 7.97. The molecular formula is C29H28BrN5O2S. The van der Waals surface area contributed by atoms with E-state index in [4.69, 9.17) is 14.8 Å². The monoisotopic (exact) mass is 589 g/mol. The molecule has 1 aliphatic heterocycles. The fraction of sp³-hybridized carbons (Fsp3) is 0.207. The summed E-state index contributed by atoms with van der Waals surface area (Å²) in [7, 11) is 1.61. The quantitative estimate of drug-likeness (QED) is 0.228. The van der Waals surface area contributed by atoms with Crippen molar-refractivity contribution in [1.82, 2.24) is 14.8 Å². The molecule has 0 saturated heterocycles. The molecule has 1 atom stereocenters. The van der Waals surface area contributed by atoms with Crippen molar-refractivity contribution in [1.29, 1.82) is 0 Å². The lowest BCUT2D eigenvalue weighted by molar-refractivity contribution is -0.113. The highest BCUT2D eigenvalue weighted by atomic mass is 79.9. The van der Waals surface area contributed by atoms with Crippen molar-refractivity contribution in [3.8, 4) is 5.75 Å². The van der Waals surface area contributed by atoms with Crippen LogP contribution >= 0.6 is 27.7 Å². The fourth-order valence-electron chi connectivity index (χ4n) is 4.49. The largest absolute Gasteiger partial charge is 0.497 e. The van der Waals surface area contributed by atoms with E-state index in [0.29, 0.717) is 22.4 Å². The van der Waals surface area contributed by atoms with Crippen LogP contribution in [0.2, 0.25) is 0 Å². The molecule has 2 N–H and O–H groups in total. The second-order valence-corrected chi connectivity index (χ2v) is 11.0. The van der Waals surface area contributed by atoms with Gasteiger partial charge < -0.3 is 15.4 Å². The van der Waals surface area contributed by atoms with E-state index in [2.05, 4.69) is 58.6 Å². The molecule has 1 amide bonds. The van der Waals surface area contributed by atoms with Crippen LogP contribution in [0.4, 0.5) is 11.6 Å². The molecule has 0 fully saturated rings. The van der Waals surface area contributed by atoms with Gasteiger partial charge in [-0.1, -0.05) is 63.6 Å². The summed E-state index contributed by atoms with van der Waals surface area (Å²) in [6.45, 7) is 6.12. The zero-order valence-electron chi connectivity index (χ0n) is 21.6. The molecule has 1 aromatic heterocycles. The molecule has 0 saturated carbocycles. The Morgan fingerprint density at radius 3 is 2.61 bits per heavy atom. The number of hydrogen-bond donors (Lipinski definition) is 2. The van der Waals surface area contributed by atoms with Crippen molar-refractivity contribution in [3.63, 3.8) is 0 Å². The first-order chi connectivity index (χ1) is 18.3. The highest BCUT2D eigenvalue weighted by Crippen LogP contribution is 2.38. The third kappa shape index (κ3) is 5.49. The molecule has 2 heterocycles. The zero-order valence-corrected chi connectivity index (χ0v) is 24.0. The van der Waals surface area contributed by atoms with Crippen LogP contribution in [0.25, 0.3) is 0 Å². The number of hydrogen-bond acceptors (Lipinski definition) is 6. The first kappa shape index (κ1) is 26.1. The van der Waals surface area contributed by atoms with E-state index < -0.39 is 6.04 Å². The van der Waals surface area contributed by atoms with Gasteiger partial charge in [0.05, 0.1) is 12.7 Å². The summed E-state index contributed by atoms with van der Waals surface area (Å²) in [5.41, 5.74) is 6.65. The number of halogens is 1. The summed E-state index contributed by atoms with van der Waals surface area (Å²) in [5.74, 6) is 1.88. The SMILES string of the molecule is COc1ccc(NC(=O)C2=C(C)Nc3nc(SCc4ccc(C)cc4C)nn3[C@H]2c2cccc(Br)c2)cc1. The smallest absolute Gasteiger partial charge is 0.255 e. The lowest BCUT2D eigenvalue weighted by atomic mass is 9.95. The molecule has 0 unspecified atom stereocenters. The minimum absolute atomic E-state index is 0.212. The van der Waals surface area contributed by atoms with Crippen LogP contribution in [0.15, 0.2) is 87.6 Å². The number of amides is 1. The minimum Gasteiger partial charge on any atom is -0.497 e. The number of allylic oxidation sites excluding steroid dienone is 1. The number of aryl methyl sites for hydroxylation is 2. The number of nitrogens with zero attached hydrogens (tertiary/aromatic N) is 3. The number of thioether (sulfide) groups is 1. The van der Waals surface area contributed by atoms with Crippen LogP contribution in [0.5, 0.6) is 5.75 Å². The van der Waals surface area contributed by atoms with Gasteiger partial charge in [-0.3, -0.25) is 4.79 Å². The van der Waals surface area contributed by atoms with Gasteiger partial charge in [-0.05, 0) is 73.9 Å². The van der Waals surface area contributed by atoms with E-state index in [1.807, 2.05) is 60.1 Å². The molecule has 9 heteroatoms. The molecule has 0 bridgehead atoms. The molecule has 194 valence electrons. The Morgan fingerprint density at radius 1 is 1.11 bits per heavy atom. The lowest BCUT2D eigenvalue weighted by Crippen LogP contribution is -2.31. The van der Waals surface area contributed by atoms with Gasteiger partial charge in [0.25, 0.3) is 5.91 Å². The van der Waals surface area contributed by atoms with E-state index >= 15 is 0 Å². The van der Waals surface area contributed by atoms with Crippen LogP contribution in [0, 0.1) is 13.8 Å². The number of carbonyl (C=O) groups is 1. The molecule has 1 aliphatic rings. The summed E-state index contributed by atoms with van der Waals surface area (Å²) in [6, 6.07) is 21.2. The number of ether oxygens (including phenoxy) is 1. The summed E-state index contributed by atoms with van der Waals surface area (Å²) in [6.07, 6.45) is 0. The maximum atomic E-state index is 13.7. The summed E-state index contributed by atoms with van der Waals surface area (Å²) >= 11 is 5.16. The van der Waals surface area contributed by atoms with Gasteiger partial charge in [0, 0.05) is 21.6 Å². The number of benzene rings is 3. The Morgan fingerprint density at radius 2 is 1.89 bits per heavy atom. The summed E-state index contributed by atoms with van der Waals surface area (Å²) in [5, 5.41) is 11.8. The molecule has 0 aliphatic carbocycles. The Labute approximate surface area is 234 Å². The molecule has 0 spiro atoms. The number of aromatic nitrogens is 3. The lowest BCUT2D eigenvalue weighted by Gasteiger charge is -2.28. The number of carbonyl (C=O) groups excluding carboxylic acids is 1. The Kier molecular flexibility index (Phi) is 7.58. The van der Waals surface area contributed by atoms with Gasteiger partial charge in [-0.15, -0.1) is 5.10 Å². The predicted molar refractivity (Wildman–Crippen MR) is 156 cm³/mol. The van der Waals surface area contributed by atoms with E-state index in [9.17, 15) is 4.79 Å². The number of methoxy groups -OCH3 is 1. The predicted octanol–water partition coefficient (Wildman–Crippen LogP) is 6.89. The molecule has 3 aromatic carbocycles. The maximum Gasteiger partial charge on any atom is 0.255 e. The van der Waals surface area contributed by atoms with Crippen LogP contribution in [0.1, 0.15) is 35.2 Å². The van der Waals surface area contributed by atoms with Crippen LogP contribution in [0.3, 0.4) is 0 Å². The van der Waals surface area contributed by atoms with Gasteiger partial charge in [0.15, 0.2) is 0 Å². The second-order valence-electron chi connectivity index (χ2n) is 9.19. The van der Waals surface area contributed by atoms with Gasteiger partial charge in [-0.25, -0.2) is 4.68 Å². The zero-order chi connectivity index (χ0) is 26.8. The number of anilines is 2. The first-order valence-electron chi connectivity index (χ1n) is 12.2. The van der Waals surface area contributed by atoms with Crippen molar-refractivity contribution >= 4 is 45.2 Å². The van der Waals surface area contributed by atoms with Gasteiger partial charge in [0.2, 0.25) is 11.1 Å². The van der Waals surface area contributed by atoms with Crippen molar-refractivity contribution in [3.05, 3.63) is 105 Å². The number of rotatable bonds is 7. The van der Waals surface area contributed by atoms with E-state index in [1.54, 1.807) is 18.9 Å². The molecular weight excluding hydrogens is 562 g/mol. The highest BCUT2D eigenvalue weighted by molar-refractivity contribution is 9.10. The van der Waals surface area contributed by atoms with Crippen LogP contribution in [-0.4, -0.2) is 27.8 Å². The van der Waals surface area contributed by atoms with Gasteiger partial charge in [-0.2, -0.15) is 4.98 Å². The average molecular weight is 591 g/mol. The molecule has 7 nitrogen and oxygen atoms in total. The van der Waals surface area contributed by atoms with E-state index in [1.165, 1.54) is 16.7 Å². The standard InChI is InChI=1S/C29H28BrN5O2S/c1-17-8-9-21(18(2)14-17)16-38-29-33-28-31-19(3)25(27(36)32-23-10-12-24(37-4)13-11-23)26(35(28)34-29)20-6-5-7-22(30)15-20/h5-15,26H,16H2,1-4H3,(H,32,36)(H,31,33,34)/t26-/m0/s1. The van der Waals surface area contributed by atoms with Crippen molar-refractivity contribution in [2.75, 3.05) is 17.7 Å². The van der Waals surface area contributed by atoms with Gasteiger partial charge >= 0.3 is 0 Å². The Bertz CT molecular complexity index is 1530. The van der Waals surface area contributed by atoms with Crippen molar-refractivity contribution < 1.29 is 9.53 Å². The fourth-order valence-corrected chi connectivity index (χ4v) is 5.82. The Hall–Kier alpha value is -3.56. The van der Waals surface area contributed by atoms with Crippen molar-refractivity contribution in [2.45, 2.75) is 37.7 Å². The van der Waals surface area contributed by atoms with Crippen LogP contribution in [-0.2, 0) is 10.5 Å². The third-order valence-corrected chi connectivity index (χ3v) is 7.82. The molecule has 38 heavy (non-hydrogen) atoms. The maximum absolute atomic E-state index is 13.7. The third-order valence-electron chi connectivity index (χ3n) is 6.44. The van der Waals surface area contributed by atoms with E-state index in [-0.39, 0.29) is 5.91 Å². The molecule has 4 aromatic rings. The summed E-state index contributed by atoms with van der Waals surface area (Å²) in [4.78, 5) is 18.4. The minimum atomic E-state index is -0.454.